The number of hydrazine groups is 1. The van der Waals surface area contributed by atoms with Gasteiger partial charge in [0.1, 0.15) is 0 Å². The summed E-state index contributed by atoms with van der Waals surface area (Å²) in [5.41, 5.74) is 3.48. The number of benzene rings is 2. The van der Waals surface area contributed by atoms with Crippen LogP contribution in [0.15, 0.2) is 72.6 Å². The second-order valence-electron chi connectivity index (χ2n) is 10.3. The third-order valence-electron chi connectivity index (χ3n) is 6.13. The Morgan fingerprint density at radius 1 is 1.03 bits per heavy atom. The van der Waals surface area contributed by atoms with E-state index >= 15 is 0 Å². The van der Waals surface area contributed by atoms with Gasteiger partial charge in [-0.3, -0.25) is 4.98 Å². The molecule has 3 aromatic rings. The molecule has 0 saturated carbocycles. The van der Waals surface area contributed by atoms with E-state index in [2.05, 4.69) is 4.98 Å². The van der Waals surface area contributed by atoms with Crippen molar-refractivity contribution < 1.29 is 29.3 Å². The number of nitrogens with two attached hydrogens (primary N) is 2. The first-order valence-electron chi connectivity index (χ1n) is 12.6. The third kappa shape index (κ3) is 7.20. The van der Waals surface area contributed by atoms with Gasteiger partial charge in [0.2, 0.25) is 5.72 Å². The maximum Gasteiger partial charge on any atom is 0.426 e. The van der Waals surface area contributed by atoms with Crippen LogP contribution in [-0.2, 0) is 27.1 Å². The van der Waals surface area contributed by atoms with E-state index in [9.17, 15) is 19.8 Å². The van der Waals surface area contributed by atoms with Gasteiger partial charge in [-0.05, 0) is 69.4 Å². The van der Waals surface area contributed by atoms with Crippen molar-refractivity contribution in [1.82, 2.24) is 9.99 Å². The molecule has 1 atom stereocenters. The van der Waals surface area contributed by atoms with Gasteiger partial charge in [0.15, 0.2) is 11.6 Å². The highest BCUT2D eigenvalue weighted by Crippen LogP contribution is 2.38. The number of rotatable bonds is 11. The van der Waals surface area contributed by atoms with E-state index < -0.39 is 28.9 Å². The molecule has 39 heavy (non-hydrogen) atoms. The Kier molecular flexibility index (Phi) is 9.45. The van der Waals surface area contributed by atoms with Crippen LogP contribution in [0.3, 0.4) is 0 Å². The van der Waals surface area contributed by atoms with E-state index in [4.69, 9.17) is 21.1 Å². The lowest BCUT2D eigenvalue weighted by Crippen LogP contribution is -2.73. The molecule has 0 aliphatic rings. The molecule has 0 bridgehead atoms. The number of aromatic nitrogens is 1. The monoisotopic (exact) mass is 536 g/mol. The molecule has 0 radical (unpaired) electrons. The zero-order valence-corrected chi connectivity index (χ0v) is 22.5. The standard InChI is InChI=1S/C29H36N4O6/c1-27(2,3)39-28(29(36,37)25(30)20-34,19-22-14-15-24-23(18-22)13-9-16-32-24)33(31)26(35)38-17-8-7-12-21-10-5-4-6-11-21/h4-6,9-11,13-16,18,36-37H,7-8,12,17,19,30-31H2,1-3H3. The first-order chi connectivity index (χ1) is 18.4. The Morgan fingerprint density at radius 2 is 1.74 bits per heavy atom. The van der Waals surface area contributed by atoms with Gasteiger partial charge in [0.05, 0.1) is 17.7 Å². The fourth-order valence-corrected chi connectivity index (χ4v) is 4.28. The van der Waals surface area contributed by atoms with Crippen molar-refractivity contribution in [2.45, 2.75) is 63.6 Å². The number of carbonyl (C=O) groups is 1. The van der Waals surface area contributed by atoms with Gasteiger partial charge in [-0.25, -0.2) is 20.4 Å². The smallest absolute Gasteiger partial charge is 0.426 e. The zero-order chi connectivity index (χ0) is 28.7. The fraction of sp³-hybridized carbons (Fsp3) is 0.379. The average Bonchev–Trinajstić information content (AvgIpc) is 2.91. The van der Waals surface area contributed by atoms with Gasteiger partial charge in [-0.1, -0.05) is 42.5 Å². The molecule has 1 unspecified atom stereocenters. The van der Waals surface area contributed by atoms with Gasteiger partial charge < -0.3 is 25.4 Å². The molecule has 1 amide bonds. The van der Waals surface area contributed by atoms with Crippen molar-refractivity contribution in [2.24, 2.45) is 11.6 Å². The summed E-state index contributed by atoms with van der Waals surface area (Å²) in [4.78, 5) is 29.0. The number of amides is 1. The van der Waals surface area contributed by atoms with Crippen molar-refractivity contribution in [2.75, 3.05) is 6.61 Å². The molecule has 6 N–H and O–H groups in total. The normalized spacial score (nSPS) is 13.4. The van der Waals surface area contributed by atoms with E-state index in [0.29, 0.717) is 22.5 Å². The number of pyridine rings is 1. The number of unbranched alkanes of at least 4 members (excludes halogenated alkanes) is 1. The van der Waals surface area contributed by atoms with Crippen LogP contribution < -0.4 is 11.6 Å². The number of hydrogen-bond donors (Lipinski definition) is 4. The Bertz CT molecular complexity index is 1320. The number of nitrogens with zero attached hydrogens (tertiary/aromatic N) is 2. The summed E-state index contributed by atoms with van der Waals surface area (Å²) >= 11 is 0. The van der Waals surface area contributed by atoms with Crippen molar-refractivity contribution in [3.05, 3.63) is 83.7 Å². The Labute approximate surface area is 227 Å². The van der Waals surface area contributed by atoms with Crippen LogP contribution in [0.25, 0.3) is 10.9 Å². The molecule has 0 aliphatic heterocycles. The lowest BCUT2D eigenvalue weighted by atomic mass is 9.89. The zero-order valence-electron chi connectivity index (χ0n) is 22.5. The SMILES string of the molecule is CC(C)(C)OC(Cc1ccc2ncccc2c1)(N(N)C(=O)OCCCCc1ccccc1)C(O)(O)C(N)=C=O. The summed E-state index contributed by atoms with van der Waals surface area (Å²) in [7, 11) is 0. The number of ether oxygens (including phenoxy) is 2. The molecule has 0 spiro atoms. The van der Waals surface area contributed by atoms with Crippen LogP contribution in [0.1, 0.15) is 44.7 Å². The minimum atomic E-state index is -3.24. The van der Waals surface area contributed by atoms with Crippen molar-refractivity contribution in [3.63, 3.8) is 0 Å². The van der Waals surface area contributed by atoms with E-state index in [-0.39, 0.29) is 13.0 Å². The molecule has 208 valence electrons. The molecule has 0 fully saturated rings. The largest absolute Gasteiger partial charge is 0.448 e. The molecule has 0 aliphatic carbocycles. The molecule has 1 aromatic heterocycles. The number of aliphatic hydroxyl groups is 2. The molecule has 0 saturated heterocycles. The second-order valence-corrected chi connectivity index (χ2v) is 10.3. The Hall–Kier alpha value is -3.79. The highest BCUT2D eigenvalue weighted by molar-refractivity contribution is 5.79. The Morgan fingerprint density at radius 3 is 2.41 bits per heavy atom. The van der Waals surface area contributed by atoms with E-state index in [1.165, 1.54) is 5.94 Å². The summed E-state index contributed by atoms with van der Waals surface area (Å²) in [5, 5.41) is 23.7. The van der Waals surface area contributed by atoms with Crippen molar-refractivity contribution >= 4 is 22.9 Å². The second kappa shape index (κ2) is 12.4. The summed E-state index contributed by atoms with van der Waals surface area (Å²) in [6.07, 6.45) is 2.28. The number of carbonyl (C=O) groups excluding carboxylic acids is 2. The van der Waals surface area contributed by atoms with E-state index in [1.54, 1.807) is 51.2 Å². The summed E-state index contributed by atoms with van der Waals surface area (Å²) < 4.78 is 11.5. The fourth-order valence-electron chi connectivity index (χ4n) is 4.28. The molecule has 10 heteroatoms. The molecular weight excluding hydrogens is 500 g/mol. The van der Waals surface area contributed by atoms with Crippen LogP contribution in [0.4, 0.5) is 4.79 Å². The first-order valence-corrected chi connectivity index (χ1v) is 12.6. The van der Waals surface area contributed by atoms with Gasteiger partial charge in [0.25, 0.3) is 5.79 Å². The maximum atomic E-state index is 13.2. The third-order valence-corrected chi connectivity index (χ3v) is 6.13. The highest BCUT2D eigenvalue weighted by Gasteiger charge is 2.61. The summed E-state index contributed by atoms with van der Waals surface area (Å²) in [6, 6.07) is 18.6. The topological polar surface area (TPSA) is 161 Å². The Balaban J connectivity index is 1.91. The number of hydrogen-bond acceptors (Lipinski definition) is 9. The molecule has 10 nitrogen and oxygen atoms in total. The van der Waals surface area contributed by atoms with Crippen LogP contribution in [0.2, 0.25) is 0 Å². The molecule has 2 aromatic carbocycles. The van der Waals surface area contributed by atoms with Gasteiger partial charge in [-0.15, -0.1) is 0 Å². The van der Waals surface area contributed by atoms with E-state index in [0.717, 1.165) is 23.8 Å². The first kappa shape index (κ1) is 29.8. The lowest BCUT2D eigenvalue weighted by Gasteiger charge is -2.49. The predicted octanol–water partition coefficient (Wildman–Crippen LogP) is 2.98. The minimum absolute atomic E-state index is 0.0233. The van der Waals surface area contributed by atoms with Crippen molar-refractivity contribution in [3.8, 4) is 0 Å². The molecule has 3 rings (SSSR count). The number of aryl methyl sites for hydroxylation is 1. The van der Waals surface area contributed by atoms with Crippen LogP contribution in [-0.4, -0.2) is 56.0 Å². The lowest BCUT2D eigenvalue weighted by molar-refractivity contribution is -0.339. The van der Waals surface area contributed by atoms with Crippen molar-refractivity contribution in [1.29, 1.82) is 0 Å². The highest BCUT2D eigenvalue weighted by atomic mass is 16.6. The minimum Gasteiger partial charge on any atom is -0.448 e. The van der Waals surface area contributed by atoms with E-state index in [1.807, 2.05) is 36.4 Å². The van der Waals surface area contributed by atoms with Gasteiger partial charge in [-0.2, -0.15) is 0 Å². The van der Waals surface area contributed by atoms with Gasteiger partial charge >= 0.3 is 6.09 Å². The molecular formula is C29H36N4O6. The summed E-state index contributed by atoms with van der Waals surface area (Å²) in [6.45, 7) is 4.92. The molecule has 1 heterocycles. The van der Waals surface area contributed by atoms with Crippen LogP contribution in [0.5, 0.6) is 0 Å². The number of fused-ring (bicyclic) bond motifs is 1. The van der Waals surface area contributed by atoms with Crippen LogP contribution in [0, 0.1) is 0 Å². The van der Waals surface area contributed by atoms with Gasteiger partial charge in [0, 0.05) is 18.0 Å². The summed E-state index contributed by atoms with van der Waals surface area (Å²) in [5.74, 6) is 4.31. The maximum absolute atomic E-state index is 13.2. The average molecular weight is 537 g/mol. The predicted molar refractivity (Wildman–Crippen MR) is 146 cm³/mol. The quantitative estimate of drug-likeness (QED) is 0.0721. The van der Waals surface area contributed by atoms with Crippen LogP contribution >= 0.6 is 0 Å².